The third kappa shape index (κ3) is 4.28. The van der Waals surface area contributed by atoms with Crippen LogP contribution in [0.15, 0.2) is 40.6 Å². The molecule has 3 rings (SSSR count). The molecule has 0 spiro atoms. The van der Waals surface area contributed by atoms with Gasteiger partial charge in [0.05, 0.1) is 18.9 Å². The van der Waals surface area contributed by atoms with Gasteiger partial charge >= 0.3 is 5.69 Å². The van der Waals surface area contributed by atoms with Gasteiger partial charge in [-0.3, -0.25) is 14.3 Å². The molecule has 0 unspecified atom stereocenters. The summed E-state index contributed by atoms with van der Waals surface area (Å²) < 4.78 is 19.0. The molecule has 23 heavy (non-hydrogen) atoms. The summed E-state index contributed by atoms with van der Waals surface area (Å²) in [5.41, 5.74) is -1.93. The first-order valence-corrected chi connectivity index (χ1v) is 6.68. The number of aromatic nitrogens is 4. The van der Waals surface area contributed by atoms with Gasteiger partial charge in [0.1, 0.15) is 18.7 Å². The average molecular weight is 326 g/mol. The molecule has 1 aliphatic heterocycles. The summed E-state index contributed by atoms with van der Waals surface area (Å²) in [7, 11) is 0. The van der Waals surface area contributed by atoms with Crippen LogP contribution in [-0.2, 0) is 4.74 Å². The van der Waals surface area contributed by atoms with E-state index in [1.807, 2.05) is 0 Å². The third-order valence-corrected chi connectivity index (χ3v) is 3.10. The molecule has 0 bridgehead atoms. The van der Waals surface area contributed by atoms with E-state index in [1.165, 1.54) is 6.33 Å². The summed E-state index contributed by atoms with van der Waals surface area (Å²) in [6.07, 6.45) is 2.98. The van der Waals surface area contributed by atoms with Crippen LogP contribution in [0.4, 0.5) is 4.39 Å². The van der Waals surface area contributed by atoms with E-state index in [0.29, 0.717) is 0 Å². The van der Waals surface area contributed by atoms with Crippen LogP contribution in [0.1, 0.15) is 12.6 Å². The van der Waals surface area contributed by atoms with Gasteiger partial charge in [0.15, 0.2) is 0 Å². The largest absolute Gasteiger partial charge is 0.394 e. The van der Waals surface area contributed by atoms with Crippen molar-refractivity contribution in [3.8, 4) is 0 Å². The maximum atomic E-state index is 13.0. The smallest absolute Gasteiger partial charge is 0.330 e. The zero-order valence-corrected chi connectivity index (χ0v) is 11.9. The number of H-pyrrole nitrogens is 1. The first-order valence-electron chi connectivity index (χ1n) is 6.68. The molecule has 3 atom stereocenters. The van der Waals surface area contributed by atoms with Crippen LogP contribution in [0, 0.1) is 5.82 Å². The summed E-state index contributed by atoms with van der Waals surface area (Å²) in [5.74, 6) is -1.12. The fourth-order valence-corrected chi connectivity index (χ4v) is 1.98. The van der Waals surface area contributed by atoms with Crippen molar-refractivity contribution in [3.05, 3.63) is 57.6 Å². The van der Waals surface area contributed by atoms with Crippen LogP contribution in [0.5, 0.6) is 0 Å². The molecule has 3 heterocycles. The first-order chi connectivity index (χ1) is 11.0. The topological polar surface area (TPSA) is 130 Å². The molecule has 0 saturated carbocycles. The highest BCUT2D eigenvalue weighted by Gasteiger charge is 2.35. The van der Waals surface area contributed by atoms with E-state index in [9.17, 15) is 19.1 Å². The molecule has 9 nitrogen and oxygen atoms in total. The Morgan fingerprint density at radius 2 is 2.09 bits per heavy atom. The van der Waals surface area contributed by atoms with Crippen LogP contribution < -0.4 is 11.2 Å². The van der Waals surface area contributed by atoms with E-state index in [2.05, 4.69) is 9.97 Å². The van der Waals surface area contributed by atoms with E-state index in [0.717, 1.165) is 10.8 Å². The van der Waals surface area contributed by atoms with Crippen LogP contribution in [-0.4, -0.2) is 48.5 Å². The van der Waals surface area contributed by atoms with Gasteiger partial charge in [-0.15, -0.1) is 0 Å². The Kier molecular flexibility index (Phi) is 5.68. The lowest BCUT2D eigenvalue weighted by atomic mass is 10.2. The molecule has 124 valence electrons. The number of nitrogens with zero attached hydrogens (tertiary/aromatic N) is 3. The Balaban J connectivity index is 0.000000268. The number of hydrogen-bond acceptors (Lipinski definition) is 7. The van der Waals surface area contributed by atoms with Crippen LogP contribution in [0.2, 0.25) is 0 Å². The van der Waals surface area contributed by atoms with Crippen molar-refractivity contribution in [3.63, 3.8) is 0 Å². The van der Waals surface area contributed by atoms with Gasteiger partial charge < -0.3 is 14.9 Å². The zero-order valence-electron chi connectivity index (χ0n) is 11.9. The summed E-state index contributed by atoms with van der Waals surface area (Å²) in [6, 6.07) is 1.78. The quantitative estimate of drug-likeness (QED) is 0.631. The van der Waals surface area contributed by atoms with Crippen LogP contribution in [0.3, 0.4) is 0 Å². The van der Waals surface area contributed by atoms with Crippen molar-refractivity contribution in [2.24, 2.45) is 0 Å². The van der Waals surface area contributed by atoms with E-state index in [-0.39, 0.29) is 6.42 Å². The highest BCUT2D eigenvalue weighted by molar-refractivity contribution is 4.91. The summed E-state index contributed by atoms with van der Waals surface area (Å²) in [6.45, 7) is -0.405. The van der Waals surface area contributed by atoms with E-state index in [1.54, 1.807) is 23.4 Å². The minimum atomic E-state index is -1.12. The molecule has 10 heteroatoms. The third-order valence-electron chi connectivity index (χ3n) is 3.10. The molecule has 2 aromatic heterocycles. The number of aliphatic hydroxyl groups is 2. The molecule has 3 N–H and O–H groups in total. The molecule has 1 saturated heterocycles. The average Bonchev–Trinajstić information content (AvgIpc) is 2.94. The molecular formula is C13H15FN4O5. The van der Waals surface area contributed by atoms with Crippen molar-refractivity contribution in [2.75, 3.05) is 6.61 Å². The van der Waals surface area contributed by atoms with Gasteiger partial charge in [-0.1, -0.05) is 0 Å². The summed E-state index contributed by atoms with van der Waals surface area (Å²) >= 11 is 0. The number of halogens is 1. The molecule has 1 fully saturated rings. The predicted octanol–water partition coefficient (Wildman–Crippen LogP) is -1.21. The monoisotopic (exact) mass is 326 g/mol. The number of ether oxygens (including phenoxy) is 1. The maximum Gasteiger partial charge on any atom is 0.330 e. The minimum Gasteiger partial charge on any atom is -0.394 e. The van der Waals surface area contributed by atoms with E-state index >= 15 is 0 Å². The lowest BCUT2D eigenvalue weighted by Gasteiger charge is -2.13. The summed E-state index contributed by atoms with van der Waals surface area (Å²) in [5, 5.41) is 18.3. The fraction of sp³-hybridized carbons (Fsp3) is 0.385. The number of aliphatic hydroxyl groups excluding tert-OH is 2. The van der Waals surface area contributed by atoms with Gasteiger partial charge in [-0.2, -0.15) is 4.39 Å². The predicted molar refractivity (Wildman–Crippen MR) is 74.9 cm³/mol. The van der Waals surface area contributed by atoms with Gasteiger partial charge in [-0.05, 0) is 6.07 Å². The lowest BCUT2D eigenvalue weighted by Crippen LogP contribution is -2.34. The van der Waals surface area contributed by atoms with E-state index in [4.69, 9.17) is 9.84 Å². The molecule has 1 aliphatic rings. The second kappa shape index (κ2) is 7.72. The number of rotatable bonds is 2. The van der Waals surface area contributed by atoms with Gasteiger partial charge in [0.2, 0.25) is 5.82 Å². The van der Waals surface area contributed by atoms with E-state index < -0.39 is 42.1 Å². The Hall–Kier alpha value is -2.43. The second-order valence-corrected chi connectivity index (χ2v) is 4.66. The molecule has 0 aromatic carbocycles. The van der Waals surface area contributed by atoms with Crippen molar-refractivity contribution in [1.29, 1.82) is 0 Å². The fourth-order valence-electron chi connectivity index (χ4n) is 1.98. The van der Waals surface area contributed by atoms with Crippen LogP contribution in [0.25, 0.3) is 0 Å². The highest BCUT2D eigenvalue weighted by Crippen LogP contribution is 2.27. The first kappa shape index (κ1) is 16.9. The molecule has 0 amide bonds. The van der Waals surface area contributed by atoms with Crippen molar-refractivity contribution in [1.82, 2.24) is 19.5 Å². The van der Waals surface area contributed by atoms with Crippen molar-refractivity contribution < 1.29 is 19.3 Å². The Labute approximate surface area is 129 Å². The van der Waals surface area contributed by atoms with Gasteiger partial charge in [0, 0.05) is 18.8 Å². The molecular weight excluding hydrogens is 311 g/mol. The summed E-state index contributed by atoms with van der Waals surface area (Å²) in [4.78, 5) is 31.3. The van der Waals surface area contributed by atoms with Crippen LogP contribution >= 0.6 is 0 Å². The van der Waals surface area contributed by atoms with Crippen molar-refractivity contribution in [2.45, 2.75) is 24.9 Å². The number of nitrogens with one attached hydrogen (secondary N) is 1. The Morgan fingerprint density at radius 1 is 1.39 bits per heavy atom. The zero-order chi connectivity index (χ0) is 16.8. The lowest BCUT2D eigenvalue weighted by molar-refractivity contribution is -0.0462. The number of hydrogen-bond donors (Lipinski definition) is 3. The minimum absolute atomic E-state index is 0.0383. The van der Waals surface area contributed by atoms with Crippen molar-refractivity contribution >= 4 is 0 Å². The number of aromatic amines is 1. The molecule has 0 aliphatic carbocycles. The van der Waals surface area contributed by atoms with Gasteiger partial charge in [0.25, 0.3) is 5.56 Å². The second-order valence-electron chi connectivity index (χ2n) is 4.66. The molecule has 0 radical (unpaired) electrons. The Morgan fingerprint density at radius 3 is 2.57 bits per heavy atom. The Bertz CT molecular complexity index is 708. The standard InChI is InChI=1S/C9H11FN2O5.C4H4N2/c10-4-2-12(9(16)11-8(4)15)7-1-5(14)6(3-13)17-7;1-2-5-4-6-3-1/h2,5-7,13-14H,1,3H2,(H,11,15,16);1-4H/t5-,6+,7+;/m0./s1. The SMILES string of the molecule is O=c1[nH]c(=O)n([C@H]2C[C@H](O)[C@@H](CO)O2)cc1F.c1cncnc1. The molecule has 2 aromatic rings. The highest BCUT2D eigenvalue weighted by atomic mass is 19.1. The van der Waals surface area contributed by atoms with Gasteiger partial charge in [-0.25, -0.2) is 14.8 Å². The normalized spacial score (nSPS) is 23.2. The maximum absolute atomic E-state index is 13.0.